The molecule has 1 heterocycles. The van der Waals surface area contributed by atoms with Gasteiger partial charge in [0.05, 0.1) is 12.8 Å². The Morgan fingerprint density at radius 1 is 1.41 bits per heavy atom. The zero-order chi connectivity index (χ0) is 12.4. The van der Waals surface area contributed by atoms with E-state index in [4.69, 9.17) is 10.5 Å². The summed E-state index contributed by atoms with van der Waals surface area (Å²) in [5, 5.41) is 4.32. The van der Waals surface area contributed by atoms with Crippen LogP contribution in [-0.4, -0.2) is 23.9 Å². The lowest BCUT2D eigenvalue weighted by Crippen LogP contribution is -2.12. The van der Waals surface area contributed by atoms with E-state index >= 15 is 0 Å². The second-order valence-electron chi connectivity index (χ2n) is 3.84. The average Bonchev–Trinajstić information content (AvgIpc) is 2.67. The molecular formula is C12H16N4O. The third-order valence-electron chi connectivity index (χ3n) is 2.59. The Kier molecular flexibility index (Phi) is 2.91. The maximum absolute atomic E-state index is 5.89. The fraction of sp³-hybridized carbons (Fsp3) is 0.250. The molecule has 1 aromatic carbocycles. The largest absolute Gasteiger partial charge is 0.497 e. The molecule has 5 heteroatoms. The molecule has 2 aromatic rings. The zero-order valence-corrected chi connectivity index (χ0v) is 10.2. The quantitative estimate of drug-likeness (QED) is 0.876. The van der Waals surface area contributed by atoms with Crippen LogP contribution in [0.3, 0.4) is 0 Å². The van der Waals surface area contributed by atoms with Gasteiger partial charge in [-0.2, -0.15) is 5.10 Å². The normalized spacial score (nSPS) is 10.3. The van der Waals surface area contributed by atoms with Gasteiger partial charge in [0.2, 0.25) is 0 Å². The van der Waals surface area contributed by atoms with Gasteiger partial charge in [-0.15, -0.1) is 0 Å². The predicted octanol–water partition coefficient (Wildman–Crippen LogP) is 1.78. The lowest BCUT2D eigenvalue weighted by atomic mass is 10.2. The van der Waals surface area contributed by atoms with Gasteiger partial charge in [0, 0.05) is 32.0 Å². The molecule has 17 heavy (non-hydrogen) atoms. The van der Waals surface area contributed by atoms with E-state index in [0.29, 0.717) is 5.69 Å². The number of nitrogens with zero attached hydrogens (tertiary/aromatic N) is 3. The van der Waals surface area contributed by atoms with Gasteiger partial charge >= 0.3 is 0 Å². The Hall–Kier alpha value is -2.17. The highest BCUT2D eigenvalue weighted by Crippen LogP contribution is 2.28. The number of rotatable bonds is 3. The Morgan fingerprint density at radius 3 is 2.76 bits per heavy atom. The van der Waals surface area contributed by atoms with Crippen molar-refractivity contribution in [2.45, 2.75) is 0 Å². The molecule has 2 rings (SSSR count). The summed E-state index contributed by atoms with van der Waals surface area (Å²) in [5.41, 5.74) is 7.53. The van der Waals surface area contributed by atoms with Crippen molar-refractivity contribution in [1.29, 1.82) is 0 Å². The summed E-state index contributed by atoms with van der Waals surface area (Å²) in [5.74, 6) is 1.55. The third kappa shape index (κ3) is 2.18. The highest BCUT2D eigenvalue weighted by molar-refractivity contribution is 5.70. The summed E-state index contributed by atoms with van der Waals surface area (Å²) in [7, 11) is 5.42. The van der Waals surface area contributed by atoms with E-state index in [1.165, 1.54) is 0 Å². The number of nitrogens with two attached hydrogens (primary N) is 1. The molecule has 0 aliphatic heterocycles. The first-order valence-corrected chi connectivity index (χ1v) is 5.28. The topological polar surface area (TPSA) is 56.3 Å². The molecule has 2 N–H and O–H groups in total. The van der Waals surface area contributed by atoms with E-state index in [2.05, 4.69) is 5.10 Å². The number of hydrogen-bond acceptors (Lipinski definition) is 4. The van der Waals surface area contributed by atoms with Crippen molar-refractivity contribution >= 4 is 17.2 Å². The SMILES string of the molecule is COc1cccc(N(C)c2nn(C)cc2N)c1. The standard InChI is InChI=1S/C12H16N4O/c1-15-8-11(13)12(14-15)16(2)9-5-4-6-10(7-9)17-3/h4-8H,13H2,1-3H3. The van der Waals surface area contributed by atoms with Gasteiger partial charge in [0.1, 0.15) is 5.75 Å². The van der Waals surface area contributed by atoms with Crippen LogP contribution in [0, 0.1) is 0 Å². The molecule has 0 unspecified atom stereocenters. The molecule has 0 spiro atoms. The summed E-state index contributed by atoms with van der Waals surface area (Å²) >= 11 is 0. The second-order valence-corrected chi connectivity index (χ2v) is 3.84. The van der Waals surface area contributed by atoms with Gasteiger partial charge in [0.25, 0.3) is 0 Å². The van der Waals surface area contributed by atoms with Crippen molar-refractivity contribution in [2.75, 3.05) is 24.8 Å². The average molecular weight is 232 g/mol. The van der Waals surface area contributed by atoms with Gasteiger partial charge in [-0.3, -0.25) is 4.68 Å². The van der Waals surface area contributed by atoms with E-state index in [1.807, 2.05) is 43.3 Å². The van der Waals surface area contributed by atoms with Crippen molar-refractivity contribution < 1.29 is 4.74 Å². The van der Waals surface area contributed by atoms with E-state index in [-0.39, 0.29) is 0 Å². The number of hydrogen-bond donors (Lipinski definition) is 1. The molecule has 0 fully saturated rings. The number of methoxy groups -OCH3 is 1. The Bertz CT molecular complexity index is 521. The summed E-state index contributed by atoms with van der Waals surface area (Å²) in [6.45, 7) is 0. The van der Waals surface area contributed by atoms with E-state index in [9.17, 15) is 0 Å². The minimum Gasteiger partial charge on any atom is -0.497 e. The van der Waals surface area contributed by atoms with Crippen molar-refractivity contribution in [1.82, 2.24) is 9.78 Å². The molecule has 0 aliphatic carbocycles. The Labute approximate surface area is 100 Å². The molecule has 0 saturated carbocycles. The van der Waals surface area contributed by atoms with Crippen LogP contribution in [0.4, 0.5) is 17.2 Å². The smallest absolute Gasteiger partial charge is 0.178 e. The first kappa shape index (κ1) is 11.3. The van der Waals surface area contributed by atoms with Crippen molar-refractivity contribution in [3.8, 4) is 5.75 Å². The first-order chi connectivity index (χ1) is 8.11. The summed E-state index contributed by atoms with van der Waals surface area (Å²) < 4.78 is 6.89. The first-order valence-electron chi connectivity index (χ1n) is 5.28. The number of ether oxygens (including phenoxy) is 1. The fourth-order valence-corrected chi connectivity index (χ4v) is 1.70. The van der Waals surface area contributed by atoms with Crippen molar-refractivity contribution in [3.63, 3.8) is 0 Å². The summed E-state index contributed by atoms with van der Waals surface area (Å²) in [4.78, 5) is 1.93. The fourth-order valence-electron chi connectivity index (χ4n) is 1.70. The molecule has 0 atom stereocenters. The van der Waals surface area contributed by atoms with Crippen LogP contribution in [0.5, 0.6) is 5.75 Å². The molecule has 0 aliphatic rings. The number of nitrogen functional groups attached to an aromatic ring is 1. The molecule has 0 amide bonds. The minimum absolute atomic E-state index is 0.651. The predicted molar refractivity (Wildman–Crippen MR) is 68.7 cm³/mol. The van der Waals surface area contributed by atoms with Crippen LogP contribution in [0.15, 0.2) is 30.5 Å². The lowest BCUT2D eigenvalue weighted by molar-refractivity contribution is 0.415. The van der Waals surface area contributed by atoms with Crippen LogP contribution in [0.25, 0.3) is 0 Å². The Balaban J connectivity index is 2.36. The molecular weight excluding hydrogens is 216 g/mol. The number of anilines is 3. The lowest BCUT2D eigenvalue weighted by Gasteiger charge is -2.17. The van der Waals surface area contributed by atoms with Gasteiger partial charge in [-0.05, 0) is 12.1 Å². The van der Waals surface area contributed by atoms with Crippen LogP contribution in [0.1, 0.15) is 0 Å². The van der Waals surface area contributed by atoms with Crippen LogP contribution in [0.2, 0.25) is 0 Å². The number of aryl methyl sites for hydroxylation is 1. The molecule has 0 saturated heterocycles. The maximum Gasteiger partial charge on any atom is 0.178 e. The molecule has 0 radical (unpaired) electrons. The van der Waals surface area contributed by atoms with Crippen molar-refractivity contribution in [2.24, 2.45) is 7.05 Å². The summed E-state index contributed by atoms with van der Waals surface area (Å²) in [6, 6.07) is 7.76. The minimum atomic E-state index is 0.651. The zero-order valence-electron chi connectivity index (χ0n) is 10.2. The highest BCUT2D eigenvalue weighted by Gasteiger charge is 2.11. The second kappa shape index (κ2) is 4.37. The molecule has 90 valence electrons. The number of benzene rings is 1. The van der Waals surface area contributed by atoms with E-state index < -0.39 is 0 Å². The van der Waals surface area contributed by atoms with Gasteiger partial charge in [-0.1, -0.05) is 6.07 Å². The summed E-state index contributed by atoms with van der Waals surface area (Å²) in [6.07, 6.45) is 1.78. The molecule has 5 nitrogen and oxygen atoms in total. The van der Waals surface area contributed by atoms with Crippen LogP contribution in [-0.2, 0) is 7.05 Å². The van der Waals surface area contributed by atoms with E-state index in [1.54, 1.807) is 18.0 Å². The maximum atomic E-state index is 5.89. The monoisotopic (exact) mass is 232 g/mol. The third-order valence-corrected chi connectivity index (χ3v) is 2.59. The Morgan fingerprint density at radius 2 is 2.18 bits per heavy atom. The van der Waals surface area contributed by atoms with E-state index in [0.717, 1.165) is 17.3 Å². The van der Waals surface area contributed by atoms with Crippen LogP contribution < -0.4 is 15.4 Å². The van der Waals surface area contributed by atoms with Gasteiger partial charge < -0.3 is 15.4 Å². The van der Waals surface area contributed by atoms with Gasteiger partial charge in [-0.25, -0.2) is 0 Å². The molecule has 1 aromatic heterocycles. The van der Waals surface area contributed by atoms with Gasteiger partial charge in [0.15, 0.2) is 5.82 Å². The highest BCUT2D eigenvalue weighted by atomic mass is 16.5. The van der Waals surface area contributed by atoms with Crippen LogP contribution >= 0.6 is 0 Å². The number of aromatic nitrogens is 2. The van der Waals surface area contributed by atoms with Crippen molar-refractivity contribution in [3.05, 3.63) is 30.5 Å². The molecule has 0 bridgehead atoms.